The third-order valence-electron chi connectivity index (χ3n) is 5.31. The van der Waals surface area contributed by atoms with Crippen molar-refractivity contribution in [1.82, 2.24) is 20.4 Å². The molecule has 3 heterocycles. The van der Waals surface area contributed by atoms with Gasteiger partial charge < -0.3 is 15.1 Å². The van der Waals surface area contributed by atoms with Gasteiger partial charge in [-0.05, 0) is 37.8 Å². The Morgan fingerprint density at radius 2 is 2.04 bits per heavy atom. The van der Waals surface area contributed by atoms with Crippen LogP contribution in [-0.4, -0.2) is 46.8 Å². The van der Waals surface area contributed by atoms with Gasteiger partial charge in [-0.1, -0.05) is 18.2 Å². The number of para-hydroxylation sites is 1. The van der Waals surface area contributed by atoms with Gasteiger partial charge in [0.15, 0.2) is 0 Å². The highest BCUT2D eigenvalue weighted by Gasteiger charge is 2.31. The average Bonchev–Trinajstić information content (AvgIpc) is 3.34. The summed E-state index contributed by atoms with van der Waals surface area (Å²) < 4.78 is 0. The molecule has 0 spiro atoms. The lowest BCUT2D eigenvalue weighted by Gasteiger charge is -2.36. The van der Waals surface area contributed by atoms with E-state index in [-0.39, 0.29) is 18.1 Å². The number of aromatic nitrogens is 2. The summed E-state index contributed by atoms with van der Waals surface area (Å²) in [6.45, 7) is 2.68. The molecule has 2 aromatic rings. The second-order valence-electron chi connectivity index (χ2n) is 6.95. The Hall–Kier alpha value is -2.50. The number of aromatic amines is 1. The van der Waals surface area contributed by atoms with E-state index in [1.807, 2.05) is 23.4 Å². The number of anilines is 1. The van der Waals surface area contributed by atoms with Crippen LogP contribution in [-0.2, 0) is 0 Å². The predicted octanol–water partition coefficient (Wildman–Crippen LogP) is 2.93. The molecule has 1 aromatic heterocycles. The van der Waals surface area contributed by atoms with Crippen molar-refractivity contribution in [2.75, 3.05) is 24.5 Å². The molecule has 0 bridgehead atoms. The number of piperidine rings is 1. The molecule has 4 rings (SSSR count). The largest absolute Gasteiger partial charge is 0.369 e. The highest BCUT2D eigenvalue weighted by molar-refractivity contribution is 5.75. The van der Waals surface area contributed by atoms with Gasteiger partial charge >= 0.3 is 6.03 Å². The van der Waals surface area contributed by atoms with Crippen molar-refractivity contribution in [3.8, 4) is 0 Å². The van der Waals surface area contributed by atoms with Gasteiger partial charge in [0, 0.05) is 43.1 Å². The number of hydrogen-bond acceptors (Lipinski definition) is 3. The summed E-state index contributed by atoms with van der Waals surface area (Å²) in [5.41, 5.74) is 2.33. The Morgan fingerprint density at radius 3 is 2.84 bits per heavy atom. The van der Waals surface area contributed by atoms with E-state index in [4.69, 9.17) is 0 Å². The number of carbonyl (C=O) groups is 1. The molecule has 132 valence electrons. The third-order valence-corrected chi connectivity index (χ3v) is 5.31. The van der Waals surface area contributed by atoms with Crippen molar-refractivity contribution in [3.63, 3.8) is 0 Å². The van der Waals surface area contributed by atoms with Crippen LogP contribution in [0, 0.1) is 0 Å². The molecule has 2 N–H and O–H groups in total. The number of amides is 2. The van der Waals surface area contributed by atoms with Crippen LogP contribution in [0.1, 0.15) is 37.3 Å². The lowest BCUT2D eigenvalue weighted by atomic mass is 9.98. The molecule has 0 radical (unpaired) electrons. The first kappa shape index (κ1) is 16.0. The number of H-pyrrole nitrogens is 1. The summed E-state index contributed by atoms with van der Waals surface area (Å²) in [6.07, 6.45) is 7.97. The number of urea groups is 1. The number of carbonyl (C=O) groups excluding carboxylic acids is 1. The van der Waals surface area contributed by atoms with Crippen LogP contribution in [0.4, 0.5) is 10.5 Å². The second-order valence-corrected chi connectivity index (χ2v) is 6.95. The molecular weight excluding hydrogens is 314 g/mol. The molecule has 0 unspecified atom stereocenters. The Kier molecular flexibility index (Phi) is 4.59. The number of hydrogen-bond donors (Lipinski definition) is 2. The monoisotopic (exact) mass is 339 g/mol. The first-order valence-corrected chi connectivity index (χ1v) is 9.17. The molecule has 2 saturated heterocycles. The zero-order valence-corrected chi connectivity index (χ0v) is 14.4. The highest BCUT2D eigenvalue weighted by Crippen LogP contribution is 2.30. The lowest BCUT2D eigenvalue weighted by Crippen LogP contribution is -2.48. The van der Waals surface area contributed by atoms with Crippen molar-refractivity contribution in [1.29, 1.82) is 0 Å². The Labute approximate surface area is 148 Å². The zero-order chi connectivity index (χ0) is 17.1. The van der Waals surface area contributed by atoms with E-state index >= 15 is 0 Å². The van der Waals surface area contributed by atoms with E-state index in [9.17, 15) is 4.79 Å². The van der Waals surface area contributed by atoms with Gasteiger partial charge in [0.05, 0.1) is 12.2 Å². The molecule has 0 saturated carbocycles. The Bertz CT molecular complexity index is 687. The van der Waals surface area contributed by atoms with Crippen LogP contribution in [0.3, 0.4) is 0 Å². The molecule has 1 aromatic carbocycles. The van der Waals surface area contributed by atoms with Gasteiger partial charge in [-0.3, -0.25) is 5.10 Å². The predicted molar refractivity (Wildman–Crippen MR) is 97.5 cm³/mol. The maximum atomic E-state index is 12.9. The number of benzene rings is 1. The van der Waals surface area contributed by atoms with Crippen molar-refractivity contribution in [3.05, 3.63) is 48.3 Å². The molecule has 2 aliphatic rings. The summed E-state index contributed by atoms with van der Waals surface area (Å²) >= 11 is 0. The zero-order valence-electron chi connectivity index (χ0n) is 14.4. The van der Waals surface area contributed by atoms with E-state index in [0.717, 1.165) is 50.9 Å². The normalized spacial score (nSPS) is 23.7. The fraction of sp³-hybridized carbons (Fsp3) is 0.474. The standard InChI is InChI=1S/C19H25N5O/c25-19(24-10-5-4-8-18(24)15-12-20-21-13-15)22-16-9-11-23(14-16)17-6-2-1-3-7-17/h1-3,6-7,12-13,16,18H,4-5,8-11,14H2,(H,20,21)(H,22,25)/t16-,18-/m0/s1. The minimum atomic E-state index is 0.0609. The van der Waals surface area contributed by atoms with Crippen LogP contribution in [0.15, 0.2) is 42.7 Å². The van der Waals surface area contributed by atoms with Gasteiger partial charge in [-0.15, -0.1) is 0 Å². The number of nitrogens with zero attached hydrogens (tertiary/aromatic N) is 3. The van der Waals surface area contributed by atoms with Gasteiger partial charge in [0.2, 0.25) is 0 Å². The summed E-state index contributed by atoms with van der Waals surface area (Å²) in [5, 5.41) is 10.2. The molecule has 6 heteroatoms. The first-order valence-electron chi connectivity index (χ1n) is 9.17. The smallest absolute Gasteiger partial charge is 0.318 e. The molecule has 6 nitrogen and oxygen atoms in total. The topological polar surface area (TPSA) is 64.3 Å². The van der Waals surface area contributed by atoms with Crippen LogP contribution in [0.2, 0.25) is 0 Å². The SMILES string of the molecule is O=C(N[C@H]1CCN(c2ccccc2)C1)N1CCCC[C@H]1c1cn[nH]c1. The molecule has 2 atom stereocenters. The second kappa shape index (κ2) is 7.17. The third kappa shape index (κ3) is 3.48. The fourth-order valence-electron chi connectivity index (χ4n) is 3.97. The van der Waals surface area contributed by atoms with Crippen LogP contribution >= 0.6 is 0 Å². The van der Waals surface area contributed by atoms with Gasteiger partial charge in [-0.2, -0.15) is 5.10 Å². The number of rotatable bonds is 3. The van der Waals surface area contributed by atoms with Gasteiger partial charge in [-0.25, -0.2) is 4.79 Å². The number of likely N-dealkylation sites (tertiary alicyclic amines) is 1. The number of nitrogens with one attached hydrogen (secondary N) is 2. The Balaban J connectivity index is 1.38. The van der Waals surface area contributed by atoms with Crippen molar-refractivity contribution < 1.29 is 4.79 Å². The minimum absolute atomic E-state index is 0.0609. The molecular formula is C19H25N5O. The van der Waals surface area contributed by atoms with Crippen molar-refractivity contribution in [2.45, 2.75) is 37.8 Å². The molecule has 25 heavy (non-hydrogen) atoms. The average molecular weight is 339 g/mol. The van der Waals surface area contributed by atoms with E-state index < -0.39 is 0 Å². The van der Waals surface area contributed by atoms with E-state index in [0.29, 0.717) is 0 Å². The minimum Gasteiger partial charge on any atom is -0.369 e. The molecule has 2 amide bonds. The fourth-order valence-corrected chi connectivity index (χ4v) is 3.97. The summed E-state index contributed by atoms with van der Waals surface area (Å²) in [7, 11) is 0. The molecule has 2 fully saturated rings. The lowest BCUT2D eigenvalue weighted by molar-refractivity contribution is 0.149. The van der Waals surface area contributed by atoms with E-state index in [1.54, 1.807) is 0 Å². The van der Waals surface area contributed by atoms with Crippen LogP contribution in [0.25, 0.3) is 0 Å². The van der Waals surface area contributed by atoms with Gasteiger partial charge in [0.1, 0.15) is 0 Å². The van der Waals surface area contributed by atoms with Crippen molar-refractivity contribution >= 4 is 11.7 Å². The quantitative estimate of drug-likeness (QED) is 0.904. The molecule has 0 aliphatic carbocycles. The summed E-state index contributed by atoms with van der Waals surface area (Å²) in [6, 6.07) is 10.8. The molecule has 2 aliphatic heterocycles. The highest BCUT2D eigenvalue weighted by atomic mass is 16.2. The van der Waals surface area contributed by atoms with Crippen LogP contribution in [0.5, 0.6) is 0 Å². The maximum absolute atomic E-state index is 12.9. The van der Waals surface area contributed by atoms with Crippen LogP contribution < -0.4 is 10.2 Å². The van der Waals surface area contributed by atoms with Crippen molar-refractivity contribution in [2.24, 2.45) is 0 Å². The van der Waals surface area contributed by atoms with Gasteiger partial charge in [0.25, 0.3) is 0 Å². The summed E-state index contributed by atoms with van der Waals surface area (Å²) in [4.78, 5) is 17.2. The summed E-state index contributed by atoms with van der Waals surface area (Å²) in [5.74, 6) is 0. The Morgan fingerprint density at radius 1 is 1.16 bits per heavy atom. The first-order chi connectivity index (χ1) is 12.3. The van der Waals surface area contributed by atoms with E-state index in [2.05, 4.69) is 44.7 Å². The van der Waals surface area contributed by atoms with E-state index in [1.165, 1.54) is 5.69 Å². The maximum Gasteiger partial charge on any atom is 0.318 e.